The van der Waals surface area contributed by atoms with Gasteiger partial charge in [0.25, 0.3) is 5.91 Å². The Morgan fingerprint density at radius 1 is 1.21 bits per heavy atom. The Morgan fingerprint density at radius 3 is 2.58 bits per heavy atom. The third-order valence-corrected chi connectivity index (χ3v) is 4.21. The lowest BCUT2D eigenvalue weighted by Crippen LogP contribution is -2.32. The number of ether oxygens (including phenoxy) is 1. The van der Waals surface area contributed by atoms with E-state index in [1.165, 1.54) is 12.8 Å². The Morgan fingerprint density at radius 2 is 1.92 bits per heavy atom. The van der Waals surface area contributed by atoms with Crippen LogP contribution in [0.2, 0.25) is 0 Å². The van der Waals surface area contributed by atoms with Gasteiger partial charge in [-0.15, -0.1) is 0 Å². The molecule has 0 radical (unpaired) electrons. The Labute approximate surface area is 141 Å². The van der Waals surface area contributed by atoms with E-state index in [0.29, 0.717) is 17.3 Å². The maximum Gasteiger partial charge on any atom is 0.254 e. The van der Waals surface area contributed by atoms with E-state index in [1.807, 2.05) is 25.1 Å². The molecule has 1 fully saturated rings. The first-order chi connectivity index (χ1) is 11.7. The minimum absolute atomic E-state index is 0.110. The van der Waals surface area contributed by atoms with Crippen LogP contribution in [0.15, 0.2) is 30.6 Å². The van der Waals surface area contributed by atoms with E-state index >= 15 is 0 Å². The molecule has 1 amide bonds. The Kier molecular flexibility index (Phi) is 4.93. The van der Waals surface area contributed by atoms with Crippen LogP contribution in [0.1, 0.15) is 41.6 Å². The van der Waals surface area contributed by atoms with E-state index < -0.39 is 0 Å². The van der Waals surface area contributed by atoms with Gasteiger partial charge in [0.05, 0.1) is 18.4 Å². The summed E-state index contributed by atoms with van der Waals surface area (Å²) in [7, 11) is 1.62. The fourth-order valence-electron chi connectivity index (χ4n) is 2.89. The largest absolute Gasteiger partial charge is 0.495 e. The number of nitrogens with zero attached hydrogens (tertiary/aromatic N) is 2. The number of amides is 1. The van der Waals surface area contributed by atoms with E-state index in [4.69, 9.17) is 4.74 Å². The SMILES string of the molecule is COc1ccc(C)cc1Nc1ncc(C(=O)NC2CCCC2)cn1. The van der Waals surface area contributed by atoms with Crippen LogP contribution in [0.4, 0.5) is 11.6 Å². The fraction of sp³-hybridized carbons (Fsp3) is 0.389. The highest BCUT2D eigenvalue weighted by Crippen LogP contribution is 2.27. The number of rotatable bonds is 5. The van der Waals surface area contributed by atoms with Gasteiger partial charge in [-0.25, -0.2) is 9.97 Å². The van der Waals surface area contributed by atoms with Crippen molar-refractivity contribution in [2.45, 2.75) is 38.6 Å². The van der Waals surface area contributed by atoms with Crippen LogP contribution >= 0.6 is 0 Å². The molecule has 1 aromatic carbocycles. The number of aryl methyl sites for hydroxylation is 1. The molecule has 24 heavy (non-hydrogen) atoms. The molecule has 3 rings (SSSR count). The van der Waals surface area contributed by atoms with Gasteiger partial charge in [-0.2, -0.15) is 0 Å². The van der Waals surface area contributed by atoms with Crippen molar-refractivity contribution in [2.75, 3.05) is 12.4 Å². The number of carbonyl (C=O) groups is 1. The summed E-state index contributed by atoms with van der Waals surface area (Å²) >= 11 is 0. The summed E-state index contributed by atoms with van der Waals surface area (Å²) in [6.45, 7) is 2.00. The monoisotopic (exact) mass is 326 g/mol. The zero-order valence-electron chi connectivity index (χ0n) is 14.0. The van der Waals surface area contributed by atoms with Crippen molar-refractivity contribution in [1.82, 2.24) is 15.3 Å². The van der Waals surface area contributed by atoms with Gasteiger partial charge in [-0.05, 0) is 37.5 Å². The zero-order chi connectivity index (χ0) is 16.9. The molecule has 126 valence electrons. The van der Waals surface area contributed by atoms with Crippen LogP contribution in [0, 0.1) is 6.92 Å². The molecule has 6 nitrogen and oxygen atoms in total. The van der Waals surface area contributed by atoms with Crippen molar-refractivity contribution in [2.24, 2.45) is 0 Å². The molecule has 6 heteroatoms. The molecule has 0 bridgehead atoms. The Balaban J connectivity index is 1.68. The number of carbonyl (C=O) groups excluding carboxylic acids is 1. The number of aromatic nitrogens is 2. The van der Waals surface area contributed by atoms with E-state index in [-0.39, 0.29) is 11.9 Å². The lowest BCUT2D eigenvalue weighted by atomic mass is 10.2. The van der Waals surface area contributed by atoms with Crippen molar-refractivity contribution in [3.8, 4) is 5.75 Å². The lowest BCUT2D eigenvalue weighted by molar-refractivity contribution is 0.0937. The number of hydrogen-bond donors (Lipinski definition) is 2. The Bertz CT molecular complexity index is 709. The molecule has 1 heterocycles. The predicted octanol–water partition coefficient (Wildman–Crippen LogP) is 3.21. The van der Waals surface area contributed by atoms with Crippen LogP contribution in [0.3, 0.4) is 0 Å². The summed E-state index contributed by atoms with van der Waals surface area (Å²) < 4.78 is 5.33. The number of anilines is 2. The summed E-state index contributed by atoms with van der Waals surface area (Å²) in [5.41, 5.74) is 2.37. The van der Waals surface area contributed by atoms with Gasteiger partial charge >= 0.3 is 0 Å². The van der Waals surface area contributed by atoms with Gasteiger partial charge in [0.2, 0.25) is 5.95 Å². The molecule has 1 aromatic heterocycles. The summed E-state index contributed by atoms with van der Waals surface area (Å²) in [6, 6.07) is 6.11. The second-order valence-corrected chi connectivity index (χ2v) is 6.08. The average Bonchev–Trinajstić information content (AvgIpc) is 3.09. The Hall–Kier alpha value is -2.63. The third-order valence-electron chi connectivity index (χ3n) is 4.21. The summed E-state index contributed by atoms with van der Waals surface area (Å²) in [6.07, 6.45) is 7.56. The first kappa shape index (κ1) is 16.2. The van der Waals surface area contributed by atoms with Crippen LogP contribution in [-0.4, -0.2) is 29.0 Å². The van der Waals surface area contributed by atoms with Crippen molar-refractivity contribution in [1.29, 1.82) is 0 Å². The van der Waals surface area contributed by atoms with Crippen molar-refractivity contribution in [3.05, 3.63) is 41.7 Å². The minimum atomic E-state index is -0.110. The van der Waals surface area contributed by atoms with Gasteiger partial charge < -0.3 is 15.4 Å². The maximum absolute atomic E-state index is 12.2. The number of nitrogens with one attached hydrogen (secondary N) is 2. The minimum Gasteiger partial charge on any atom is -0.495 e. The molecular formula is C18H22N4O2. The van der Waals surface area contributed by atoms with Crippen LogP contribution < -0.4 is 15.4 Å². The molecule has 1 aliphatic rings. The topological polar surface area (TPSA) is 76.1 Å². The molecule has 0 atom stereocenters. The molecular weight excluding hydrogens is 304 g/mol. The molecule has 0 unspecified atom stereocenters. The number of benzene rings is 1. The maximum atomic E-state index is 12.2. The third kappa shape index (κ3) is 3.82. The quantitative estimate of drug-likeness (QED) is 0.882. The van der Waals surface area contributed by atoms with Crippen LogP contribution in [0.25, 0.3) is 0 Å². The predicted molar refractivity (Wildman–Crippen MR) is 92.8 cm³/mol. The molecule has 2 aromatic rings. The summed E-state index contributed by atoms with van der Waals surface area (Å²) in [5.74, 6) is 1.03. The molecule has 1 saturated carbocycles. The highest BCUT2D eigenvalue weighted by atomic mass is 16.5. The smallest absolute Gasteiger partial charge is 0.254 e. The zero-order valence-corrected chi connectivity index (χ0v) is 14.0. The standard InChI is InChI=1S/C18H22N4O2/c1-12-7-8-16(24-2)15(9-12)22-18-19-10-13(11-20-18)17(23)21-14-5-3-4-6-14/h7-11,14H,3-6H2,1-2H3,(H,21,23)(H,19,20,22). The van der Waals surface area contributed by atoms with Crippen LogP contribution in [0.5, 0.6) is 5.75 Å². The van der Waals surface area contributed by atoms with Gasteiger partial charge in [0, 0.05) is 18.4 Å². The normalized spacial score (nSPS) is 14.4. The lowest BCUT2D eigenvalue weighted by Gasteiger charge is -2.12. The fourth-order valence-corrected chi connectivity index (χ4v) is 2.89. The number of methoxy groups -OCH3 is 1. The van der Waals surface area contributed by atoms with E-state index in [1.54, 1.807) is 19.5 Å². The second kappa shape index (κ2) is 7.29. The first-order valence-electron chi connectivity index (χ1n) is 8.20. The van der Waals surface area contributed by atoms with Gasteiger partial charge in [-0.1, -0.05) is 18.9 Å². The molecule has 0 aliphatic heterocycles. The van der Waals surface area contributed by atoms with Crippen molar-refractivity contribution >= 4 is 17.5 Å². The van der Waals surface area contributed by atoms with Gasteiger partial charge in [-0.3, -0.25) is 4.79 Å². The molecule has 2 N–H and O–H groups in total. The highest BCUT2D eigenvalue weighted by molar-refractivity contribution is 5.93. The van der Waals surface area contributed by atoms with E-state index in [0.717, 1.165) is 24.1 Å². The first-order valence-corrected chi connectivity index (χ1v) is 8.20. The average molecular weight is 326 g/mol. The van der Waals surface area contributed by atoms with E-state index in [9.17, 15) is 4.79 Å². The second-order valence-electron chi connectivity index (χ2n) is 6.08. The molecule has 1 aliphatic carbocycles. The molecule has 0 saturated heterocycles. The summed E-state index contributed by atoms with van der Waals surface area (Å²) in [5, 5.41) is 6.16. The van der Waals surface area contributed by atoms with Gasteiger partial charge in [0.15, 0.2) is 0 Å². The van der Waals surface area contributed by atoms with Gasteiger partial charge in [0.1, 0.15) is 5.75 Å². The van der Waals surface area contributed by atoms with E-state index in [2.05, 4.69) is 20.6 Å². The highest BCUT2D eigenvalue weighted by Gasteiger charge is 2.18. The van der Waals surface area contributed by atoms with Crippen molar-refractivity contribution in [3.63, 3.8) is 0 Å². The van der Waals surface area contributed by atoms with Crippen LogP contribution in [-0.2, 0) is 0 Å². The van der Waals surface area contributed by atoms with Crippen molar-refractivity contribution < 1.29 is 9.53 Å². The molecule has 0 spiro atoms. The number of hydrogen-bond acceptors (Lipinski definition) is 5. The summed E-state index contributed by atoms with van der Waals surface area (Å²) in [4.78, 5) is 20.7.